The van der Waals surface area contributed by atoms with E-state index < -0.39 is 0 Å². The summed E-state index contributed by atoms with van der Waals surface area (Å²) in [7, 11) is 7.85. The fraction of sp³-hybridized carbons (Fsp3) is 0.357. The van der Waals surface area contributed by atoms with E-state index in [1.165, 1.54) is 0 Å². The lowest BCUT2D eigenvalue weighted by atomic mass is 10.2. The molecule has 0 aliphatic rings. The number of hydrogen-bond acceptors (Lipinski definition) is 6. The van der Waals surface area contributed by atoms with Crippen LogP contribution < -0.4 is 29.2 Å². The molecule has 0 aliphatic carbocycles. The molecule has 4 aromatic rings. The van der Waals surface area contributed by atoms with Crippen molar-refractivity contribution in [3.8, 4) is 0 Å². The average molecular weight is 553 g/mol. The highest BCUT2D eigenvalue weighted by molar-refractivity contribution is 5.65. The van der Waals surface area contributed by atoms with Crippen molar-refractivity contribution in [1.82, 2.24) is 9.13 Å². The van der Waals surface area contributed by atoms with Crippen LogP contribution in [-0.2, 0) is 28.2 Å². The Hall–Kier alpha value is -4.48. The first-order chi connectivity index (χ1) is 18.5. The number of rotatable bonds is 13. The lowest BCUT2D eigenvalue weighted by Gasteiger charge is -2.09. The standard InChI is InChI=1S/C28H36N10.2FH/c1-35-19-20-36(2)27(35)33-31-25-15-9-7-13-23(25)29-17-11-5-6-12-18-30-24-14-8-10-16-26(24)32-34-28-37(3)21-22-38(28)4;;/h7-10,13-16,19-22H,5-6,11-12,17-18H2,1-4H3;2*1H. The Balaban J connectivity index is 0.00000280. The predicted molar refractivity (Wildman–Crippen MR) is 150 cm³/mol. The molecule has 12 heteroatoms. The van der Waals surface area contributed by atoms with E-state index in [4.69, 9.17) is 0 Å². The van der Waals surface area contributed by atoms with Gasteiger partial charge >= 0.3 is 11.9 Å². The quantitative estimate of drug-likeness (QED) is 0.138. The average Bonchev–Trinajstić information content (AvgIpc) is 3.42. The van der Waals surface area contributed by atoms with Gasteiger partial charge in [0.25, 0.3) is 0 Å². The van der Waals surface area contributed by atoms with Crippen LogP contribution in [0.5, 0.6) is 0 Å². The van der Waals surface area contributed by atoms with Crippen LogP contribution in [0.1, 0.15) is 25.7 Å². The highest BCUT2D eigenvalue weighted by Gasteiger charge is 2.12. The molecule has 0 radical (unpaired) electrons. The third kappa shape index (κ3) is 8.52. The number of benzene rings is 2. The first-order valence-electron chi connectivity index (χ1n) is 13.0. The van der Waals surface area contributed by atoms with Crippen LogP contribution >= 0.6 is 0 Å². The van der Waals surface area contributed by atoms with E-state index in [-0.39, 0.29) is 9.41 Å². The first-order valence-corrected chi connectivity index (χ1v) is 13.0. The van der Waals surface area contributed by atoms with Gasteiger partial charge in [-0.2, -0.15) is 0 Å². The molecule has 0 atom stereocenters. The van der Waals surface area contributed by atoms with Gasteiger partial charge in [-0.15, -0.1) is 0 Å². The van der Waals surface area contributed by atoms with Gasteiger partial charge in [0.15, 0.2) is 0 Å². The number of aryl methyl sites for hydroxylation is 4. The predicted octanol–water partition coefficient (Wildman–Crippen LogP) is -0.0642. The Morgan fingerprint density at radius 3 is 1.38 bits per heavy atom. The summed E-state index contributed by atoms with van der Waals surface area (Å²) in [5.74, 6) is 1.59. The monoisotopic (exact) mass is 552 g/mol. The summed E-state index contributed by atoms with van der Waals surface area (Å²) >= 11 is 0. The smallest absolute Gasteiger partial charge is 0.421 e. The summed E-state index contributed by atoms with van der Waals surface area (Å²) in [6, 6.07) is 16.1. The number of hydrogen-bond donors (Lipinski definition) is 2. The minimum Gasteiger partial charge on any atom is -1.00 e. The summed E-state index contributed by atoms with van der Waals surface area (Å²) in [6.07, 6.45) is 12.3. The SMILES string of the molecule is Cn1cc[n+](C)c1N=Nc1ccccc1NCCCCCCNc1ccccc1N=Nc1n(C)cc[n+]1C.[F-].[F-]. The molecule has 2 aromatic carbocycles. The summed E-state index contributed by atoms with van der Waals surface area (Å²) in [5.41, 5.74) is 3.69. The topological polar surface area (TPSA) is 91.1 Å². The number of anilines is 2. The molecular weight excluding hydrogens is 514 g/mol. The highest BCUT2D eigenvalue weighted by atomic mass is 19.0. The molecule has 2 N–H and O–H groups in total. The maximum atomic E-state index is 4.48. The molecule has 0 bridgehead atoms. The normalized spacial score (nSPS) is 11.0. The van der Waals surface area contributed by atoms with Gasteiger partial charge in [-0.1, -0.05) is 47.3 Å². The molecule has 0 saturated carbocycles. The zero-order valence-electron chi connectivity index (χ0n) is 23.5. The summed E-state index contributed by atoms with van der Waals surface area (Å²) < 4.78 is 7.79. The van der Waals surface area contributed by atoms with Gasteiger partial charge in [0.05, 0.1) is 64.4 Å². The van der Waals surface area contributed by atoms with Gasteiger partial charge in [-0.25, -0.2) is 18.3 Å². The maximum absolute atomic E-state index is 4.48. The van der Waals surface area contributed by atoms with Gasteiger partial charge in [-0.05, 0) is 37.1 Å². The molecule has 2 heterocycles. The van der Waals surface area contributed by atoms with E-state index in [0.717, 1.165) is 73.4 Å². The lowest BCUT2D eigenvalue weighted by Crippen LogP contribution is -3.00. The molecule has 0 unspecified atom stereocenters. The van der Waals surface area contributed by atoms with E-state index in [2.05, 4.69) is 43.2 Å². The van der Waals surface area contributed by atoms with Crippen molar-refractivity contribution in [3.63, 3.8) is 0 Å². The van der Waals surface area contributed by atoms with Crippen LogP contribution in [-0.4, -0.2) is 22.2 Å². The van der Waals surface area contributed by atoms with Crippen LogP contribution in [0, 0.1) is 0 Å². The van der Waals surface area contributed by atoms with Gasteiger partial charge < -0.3 is 20.0 Å². The van der Waals surface area contributed by atoms with Crippen molar-refractivity contribution in [2.75, 3.05) is 23.7 Å². The first kappa shape index (κ1) is 31.7. The van der Waals surface area contributed by atoms with Crippen molar-refractivity contribution in [1.29, 1.82) is 0 Å². The molecule has 214 valence electrons. The molecule has 4 rings (SSSR count). The van der Waals surface area contributed by atoms with E-state index in [1.54, 1.807) is 0 Å². The molecule has 40 heavy (non-hydrogen) atoms. The number of halogens is 2. The molecule has 10 nitrogen and oxygen atoms in total. The second kappa shape index (κ2) is 15.8. The van der Waals surface area contributed by atoms with Crippen LogP contribution in [0.2, 0.25) is 0 Å². The Morgan fingerprint density at radius 2 is 1.00 bits per heavy atom. The van der Waals surface area contributed by atoms with Crippen LogP contribution in [0.25, 0.3) is 0 Å². The number of unbranched alkanes of at least 4 members (excludes halogenated alkanes) is 3. The second-order valence-electron chi connectivity index (χ2n) is 9.34. The molecular formula is C28H38F2N10. The minimum absolute atomic E-state index is 0. The van der Waals surface area contributed by atoms with E-state index in [0.29, 0.717) is 0 Å². The number of nitrogens with zero attached hydrogens (tertiary/aromatic N) is 8. The minimum atomic E-state index is 0. The highest BCUT2D eigenvalue weighted by Crippen LogP contribution is 2.27. The van der Waals surface area contributed by atoms with E-state index in [9.17, 15) is 0 Å². The van der Waals surface area contributed by atoms with Gasteiger partial charge in [0, 0.05) is 23.3 Å². The Labute approximate surface area is 233 Å². The number of nitrogens with one attached hydrogen (secondary N) is 2. The molecule has 0 fully saturated rings. The van der Waals surface area contributed by atoms with Gasteiger partial charge in [0.1, 0.15) is 11.4 Å². The fourth-order valence-corrected chi connectivity index (χ4v) is 4.11. The zero-order valence-corrected chi connectivity index (χ0v) is 23.5. The fourth-order valence-electron chi connectivity index (χ4n) is 4.11. The number of aromatic nitrogens is 4. The van der Waals surface area contributed by atoms with Gasteiger partial charge in [0.2, 0.25) is 0 Å². The Bertz CT molecular complexity index is 1250. The largest absolute Gasteiger partial charge is 1.00 e. The van der Waals surface area contributed by atoms with E-state index >= 15 is 0 Å². The number of para-hydroxylation sites is 2. The summed E-state index contributed by atoms with van der Waals surface area (Å²) in [4.78, 5) is 0. The van der Waals surface area contributed by atoms with Gasteiger partial charge in [-0.3, -0.25) is 0 Å². The summed E-state index contributed by atoms with van der Waals surface area (Å²) in [5, 5.41) is 24.9. The number of imidazole rings is 2. The van der Waals surface area contributed by atoms with Crippen molar-refractivity contribution in [2.24, 2.45) is 48.6 Å². The van der Waals surface area contributed by atoms with Crippen LogP contribution in [0.15, 0.2) is 93.8 Å². The zero-order chi connectivity index (χ0) is 26.7. The Kier molecular flexibility index (Phi) is 12.5. The Morgan fingerprint density at radius 1 is 0.600 bits per heavy atom. The molecule has 0 saturated heterocycles. The van der Waals surface area contributed by atoms with Crippen molar-refractivity contribution < 1.29 is 18.5 Å². The van der Waals surface area contributed by atoms with E-state index in [1.807, 2.05) is 108 Å². The maximum Gasteiger partial charge on any atom is 0.421 e. The van der Waals surface area contributed by atoms with Crippen molar-refractivity contribution in [2.45, 2.75) is 25.7 Å². The van der Waals surface area contributed by atoms with Crippen molar-refractivity contribution in [3.05, 3.63) is 73.3 Å². The van der Waals surface area contributed by atoms with Crippen LogP contribution in [0.4, 0.5) is 34.6 Å². The van der Waals surface area contributed by atoms with Crippen LogP contribution in [0.3, 0.4) is 0 Å². The molecule has 0 spiro atoms. The van der Waals surface area contributed by atoms with Crippen molar-refractivity contribution >= 4 is 34.6 Å². The third-order valence-corrected chi connectivity index (χ3v) is 6.33. The molecule has 0 amide bonds. The second-order valence-corrected chi connectivity index (χ2v) is 9.34. The third-order valence-electron chi connectivity index (χ3n) is 6.33. The molecule has 2 aromatic heterocycles. The lowest BCUT2D eigenvalue weighted by molar-refractivity contribution is -0.657. The molecule has 0 aliphatic heterocycles. The number of azo groups is 2. The summed E-state index contributed by atoms with van der Waals surface area (Å²) in [6.45, 7) is 1.80.